The van der Waals surface area contributed by atoms with Gasteiger partial charge in [0, 0.05) is 48.4 Å². The Hall–Kier alpha value is -5.32. The number of fused-ring (bicyclic) bond motifs is 2. The number of ether oxygens (including phenoxy) is 5. The van der Waals surface area contributed by atoms with Crippen LogP contribution in [-0.2, 0) is 38.6 Å². The van der Waals surface area contributed by atoms with Gasteiger partial charge in [-0.2, -0.15) is 13.2 Å². The first-order valence-electron chi connectivity index (χ1n) is 23.6. The maximum absolute atomic E-state index is 15.2. The summed E-state index contributed by atoms with van der Waals surface area (Å²) in [5, 5.41) is 7.03. The zero-order valence-corrected chi connectivity index (χ0v) is 41.2. The highest BCUT2D eigenvalue weighted by molar-refractivity contribution is 7.91. The molecule has 2 aliphatic carbocycles. The Balaban J connectivity index is 1.15. The lowest BCUT2D eigenvalue weighted by atomic mass is 9.96. The molecule has 8 atom stereocenters. The number of carbonyl (C=O) groups excluding carboxylic acids is 4. The third kappa shape index (κ3) is 10.9. The molecule has 5 heterocycles. The number of rotatable bonds is 12. The van der Waals surface area contributed by atoms with Crippen LogP contribution in [0.15, 0.2) is 59.4 Å². The molecule has 4 amide bonds. The van der Waals surface area contributed by atoms with Crippen LogP contribution >= 0.6 is 11.3 Å². The predicted octanol–water partition coefficient (Wildman–Crippen LogP) is 6.62. The minimum Gasteiger partial charge on any atom is -0.491 e. The van der Waals surface area contributed by atoms with Crippen LogP contribution in [0.1, 0.15) is 92.4 Å². The van der Waals surface area contributed by atoms with Crippen LogP contribution < -0.4 is 24.8 Å². The van der Waals surface area contributed by atoms with Gasteiger partial charge in [0.2, 0.25) is 27.4 Å². The number of benzene rings is 1. The smallest absolute Gasteiger partial charge is 0.430 e. The molecule has 3 N–H and O–H groups in total. The number of halogens is 3. The van der Waals surface area contributed by atoms with Crippen molar-refractivity contribution >= 4 is 45.2 Å². The Kier molecular flexibility index (Phi) is 14.6. The Labute approximate surface area is 408 Å². The molecule has 2 saturated heterocycles. The van der Waals surface area contributed by atoms with Crippen molar-refractivity contribution in [3.05, 3.63) is 59.4 Å². The second-order valence-electron chi connectivity index (χ2n) is 19.3. The quantitative estimate of drug-likeness (QED) is 0.163. The number of nitrogens with one attached hydrogen (secondary N) is 3. The summed E-state index contributed by atoms with van der Waals surface area (Å²) in [6.07, 6.45) is -4.81. The molecule has 2 saturated carbocycles. The minimum atomic E-state index is -5.02. The molecule has 2 aromatic heterocycles. The van der Waals surface area contributed by atoms with Crippen LogP contribution in [-0.4, -0.2) is 125 Å². The summed E-state index contributed by atoms with van der Waals surface area (Å²) < 4.78 is 101. The molecule has 0 bridgehead atoms. The van der Waals surface area contributed by atoms with Gasteiger partial charge >= 0.3 is 12.3 Å². The number of hydrogen-bond donors (Lipinski definition) is 3. The average Bonchev–Trinajstić information content (AvgIpc) is 4.06. The molecule has 0 spiro atoms. The van der Waals surface area contributed by atoms with Gasteiger partial charge in [-0.25, -0.2) is 23.2 Å². The van der Waals surface area contributed by atoms with Crippen molar-refractivity contribution in [1.29, 1.82) is 0 Å². The Morgan fingerprint density at radius 2 is 1.81 bits per heavy atom. The number of carbonyl (C=O) groups is 4. The van der Waals surface area contributed by atoms with E-state index in [9.17, 15) is 36.0 Å². The third-order valence-corrected chi connectivity index (χ3v) is 16.3. The fourth-order valence-corrected chi connectivity index (χ4v) is 11.0. The van der Waals surface area contributed by atoms with Crippen molar-refractivity contribution < 1.29 is 64.5 Å². The SMILES string of the molecule is CC[C@@H]1O[C@H](C)CC/C=C\C2C[C@@]2(C(=O)NS(=O)(=O)C2(C)CC2)NC(=O)[C@@H]2C[C@@H](Oc3cc(-c4ccc(OC(C)C)cc4)nc(-c4cscn4)c3)CN2C(=O)[C@H]1NC(=O)OC1(C(F)(F)F)CCCOC1. The maximum atomic E-state index is 15.2. The number of pyridine rings is 1. The van der Waals surface area contributed by atoms with Gasteiger partial charge in [-0.3, -0.25) is 19.1 Å². The van der Waals surface area contributed by atoms with Crippen LogP contribution in [0.3, 0.4) is 0 Å². The van der Waals surface area contributed by atoms with Crippen molar-refractivity contribution in [1.82, 2.24) is 30.2 Å². The van der Waals surface area contributed by atoms with E-state index >= 15 is 4.79 Å². The van der Waals surface area contributed by atoms with E-state index in [1.165, 1.54) is 18.3 Å². The van der Waals surface area contributed by atoms with Crippen LogP contribution in [0.5, 0.6) is 11.5 Å². The van der Waals surface area contributed by atoms with Crippen molar-refractivity contribution in [2.75, 3.05) is 19.8 Å². The summed E-state index contributed by atoms with van der Waals surface area (Å²) in [4.78, 5) is 68.5. The third-order valence-electron chi connectivity index (χ3n) is 13.6. The topological polar surface area (TPSA) is 214 Å². The zero-order valence-electron chi connectivity index (χ0n) is 39.6. The molecule has 3 aromatic rings. The summed E-state index contributed by atoms with van der Waals surface area (Å²) in [6, 6.07) is 7.58. The monoisotopic (exact) mass is 1020 g/mol. The van der Waals surface area contributed by atoms with E-state index in [1.807, 2.05) is 43.5 Å². The summed E-state index contributed by atoms with van der Waals surface area (Å²) >= 11 is 1.37. The van der Waals surface area contributed by atoms with Crippen molar-refractivity contribution in [3.63, 3.8) is 0 Å². The van der Waals surface area contributed by atoms with Crippen LogP contribution in [0.25, 0.3) is 22.6 Å². The Morgan fingerprint density at radius 1 is 1.07 bits per heavy atom. The van der Waals surface area contributed by atoms with Crippen molar-refractivity contribution in [2.45, 2.75) is 151 Å². The normalized spacial score (nSPS) is 29.6. The molecule has 0 radical (unpaired) electrons. The standard InChI is InChI=1S/C48H59F3N6O11S2/c1-6-39-40(54-44(61)68-46(48(49,50)51)16-9-19-64-26-46)42(59)57-24-34(67-33-20-35(53-36(21-33)37-25-69-27-52-37)30-12-14-32(15-13-30)65-28(2)3)22-38(57)41(58)55-47(23-31(47)11-8-7-10-29(4)66-39)43(60)56-70(62,63)45(5)17-18-45/h8,11-15,20-21,25,27-29,31,34,38-40H,6-7,9-10,16-19,22-24,26H2,1-5H3,(H,54,61)(H,55,58)(H,56,60)/b11-8-/t29-,31?,34-,38+,39+,40+,46?,47-/m1/s1. The molecule has 2 unspecified atom stereocenters. The maximum Gasteiger partial charge on any atom is 0.430 e. The molecule has 4 fully saturated rings. The van der Waals surface area contributed by atoms with E-state index in [1.54, 1.807) is 43.6 Å². The molecule has 17 nitrogen and oxygen atoms in total. The number of thiazole rings is 1. The molecule has 1 aromatic carbocycles. The number of aromatic nitrogens is 2. The van der Waals surface area contributed by atoms with Crippen LogP contribution in [0.2, 0.25) is 0 Å². The van der Waals surface area contributed by atoms with E-state index in [0.717, 1.165) is 4.90 Å². The van der Waals surface area contributed by atoms with Crippen molar-refractivity contribution in [2.24, 2.45) is 5.92 Å². The first-order valence-corrected chi connectivity index (χ1v) is 26.1. The lowest BCUT2D eigenvalue weighted by Crippen LogP contribution is -2.62. The lowest BCUT2D eigenvalue weighted by molar-refractivity contribution is -0.285. The first kappa shape index (κ1) is 51.0. The molecule has 5 aliphatic rings. The molecule has 3 aliphatic heterocycles. The van der Waals surface area contributed by atoms with Crippen LogP contribution in [0.4, 0.5) is 18.0 Å². The van der Waals surface area contributed by atoms with Gasteiger partial charge in [0.15, 0.2) is 0 Å². The Bertz CT molecular complexity index is 2550. The first-order chi connectivity index (χ1) is 33.1. The summed E-state index contributed by atoms with van der Waals surface area (Å²) in [6.45, 7) is 7.61. The average molecular weight is 1020 g/mol. The fourth-order valence-electron chi connectivity index (χ4n) is 9.13. The van der Waals surface area contributed by atoms with Gasteiger partial charge in [-0.05, 0) is 96.9 Å². The number of alkyl halides is 3. The highest BCUT2D eigenvalue weighted by Crippen LogP contribution is 2.48. The number of sulfonamides is 1. The van der Waals surface area contributed by atoms with Gasteiger partial charge in [0.1, 0.15) is 35.2 Å². The second kappa shape index (κ2) is 20.1. The molecule has 8 rings (SSSR count). The highest BCUT2D eigenvalue weighted by Gasteiger charge is 2.64. The number of amides is 4. The molecule has 22 heteroatoms. The lowest BCUT2D eigenvalue weighted by Gasteiger charge is -2.38. The predicted molar refractivity (Wildman–Crippen MR) is 250 cm³/mol. The molecule has 70 heavy (non-hydrogen) atoms. The Morgan fingerprint density at radius 3 is 2.46 bits per heavy atom. The second-order valence-corrected chi connectivity index (χ2v) is 22.2. The molecule has 380 valence electrons. The number of nitrogens with zero attached hydrogens (tertiary/aromatic N) is 3. The zero-order chi connectivity index (χ0) is 50.2. The van der Waals surface area contributed by atoms with Gasteiger partial charge in [-0.1, -0.05) is 19.1 Å². The van der Waals surface area contributed by atoms with Gasteiger partial charge in [0.05, 0.1) is 58.8 Å². The minimum absolute atomic E-state index is 0.0385. The van der Waals surface area contributed by atoms with Crippen LogP contribution in [0, 0.1) is 5.92 Å². The van der Waals surface area contributed by atoms with Gasteiger partial charge < -0.3 is 39.2 Å². The van der Waals surface area contributed by atoms with Gasteiger partial charge in [-0.15, -0.1) is 11.3 Å². The van der Waals surface area contributed by atoms with Gasteiger partial charge in [0.25, 0.3) is 5.91 Å². The number of alkyl carbamates (subject to hydrolysis) is 1. The van der Waals surface area contributed by atoms with E-state index in [4.69, 9.17) is 28.7 Å². The van der Waals surface area contributed by atoms with E-state index in [-0.39, 0.29) is 44.9 Å². The highest BCUT2D eigenvalue weighted by atomic mass is 32.2. The molecular formula is C48H59F3N6O11S2. The molecular weight excluding hydrogens is 958 g/mol. The summed E-state index contributed by atoms with van der Waals surface area (Å²) in [5.41, 5.74) is -0.783. The largest absolute Gasteiger partial charge is 0.491 e. The fraction of sp³-hybridized carbons (Fsp3) is 0.583. The summed E-state index contributed by atoms with van der Waals surface area (Å²) in [5.74, 6) is -2.30. The number of hydrogen-bond acceptors (Lipinski definition) is 14. The van der Waals surface area contributed by atoms with E-state index in [2.05, 4.69) is 20.3 Å². The number of allylic oxidation sites excluding steroid dienone is 1. The van der Waals surface area contributed by atoms with E-state index in [0.29, 0.717) is 59.8 Å². The summed E-state index contributed by atoms with van der Waals surface area (Å²) in [7, 11) is -4.13. The van der Waals surface area contributed by atoms with E-state index < -0.39 is 105 Å². The van der Waals surface area contributed by atoms with Crippen molar-refractivity contribution in [3.8, 4) is 34.1 Å².